The second-order valence-electron chi connectivity index (χ2n) is 5.35. The van der Waals surface area contributed by atoms with Gasteiger partial charge in [0.1, 0.15) is 5.69 Å². The average Bonchev–Trinajstić information content (AvgIpc) is 2.59. The highest BCUT2D eigenvalue weighted by Gasteiger charge is 2.33. The molecule has 5 nitrogen and oxygen atoms in total. The van der Waals surface area contributed by atoms with Crippen molar-refractivity contribution in [3.63, 3.8) is 0 Å². The zero-order valence-corrected chi connectivity index (χ0v) is 14.6. The number of amides is 1. The molecule has 1 heterocycles. The summed E-state index contributed by atoms with van der Waals surface area (Å²) in [5, 5.41) is 5.12. The van der Waals surface area contributed by atoms with E-state index in [1.165, 1.54) is 18.3 Å². The minimum absolute atomic E-state index is 0.150. The molecule has 0 spiro atoms. The second-order valence-corrected chi connectivity index (χ2v) is 5.76. The van der Waals surface area contributed by atoms with E-state index in [0.29, 0.717) is 25.3 Å². The van der Waals surface area contributed by atoms with Gasteiger partial charge in [-0.2, -0.15) is 13.2 Å². The van der Waals surface area contributed by atoms with Crippen molar-refractivity contribution in [3.05, 3.63) is 52.8 Å². The fraction of sp³-hybridized carbons (Fsp3) is 0.294. The highest BCUT2D eigenvalue weighted by Crippen LogP contribution is 2.36. The summed E-state index contributed by atoms with van der Waals surface area (Å²) in [6, 6.07) is 6.49. The third kappa shape index (κ3) is 5.60. The third-order valence-electron chi connectivity index (χ3n) is 3.36. The van der Waals surface area contributed by atoms with Gasteiger partial charge in [-0.05, 0) is 36.8 Å². The molecule has 0 saturated heterocycles. The van der Waals surface area contributed by atoms with E-state index in [2.05, 4.69) is 15.6 Å². The van der Waals surface area contributed by atoms with E-state index in [0.717, 1.165) is 12.1 Å². The first kappa shape index (κ1) is 20.0. The summed E-state index contributed by atoms with van der Waals surface area (Å²) >= 11 is 5.60. The molecule has 1 amide bonds. The molecule has 2 rings (SSSR count). The van der Waals surface area contributed by atoms with Crippen LogP contribution in [0.25, 0.3) is 0 Å². The number of anilines is 2. The predicted molar refractivity (Wildman–Crippen MR) is 92.8 cm³/mol. The number of hydrogen-bond donors (Lipinski definition) is 2. The smallest absolute Gasteiger partial charge is 0.385 e. The number of carbonyl (C=O) groups excluding carboxylic acids is 1. The minimum Gasteiger partial charge on any atom is -0.385 e. The standard InChI is InChI=1S/C17H17ClF3N3O2/c1-26-8-2-6-23-16(25)15-10-12(5-7-22-15)24-11-3-4-14(18)13(9-11)17(19,20)21/h3-5,7,9-10H,2,6,8H2,1H3,(H,22,24)(H,23,25). The second kappa shape index (κ2) is 8.86. The van der Waals surface area contributed by atoms with Gasteiger partial charge in [-0.15, -0.1) is 0 Å². The molecule has 0 unspecified atom stereocenters. The Bertz CT molecular complexity index is 769. The molecule has 9 heteroatoms. The third-order valence-corrected chi connectivity index (χ3v) is 3.69. The molecule has 0 atom stereocenters. The van der Waals surface area contributed by atoms with Gasteiger partial charge in [0.25, 0.3) is 5.91 Å². The molecule has 1 aromatic carbocycles. The average molecular weight is 388 g/mol. The van der Waals surface area contributed by atoms with Crippen LogP contribution in [-0.4, -0.2) is 31.2 Å². The van der Waals surface area contributed by atoms with Crippen LogP contribution in [0.5, 0.6) is 0 Å². The molecule has 0 bridgehead atoms. The summed E-state index contributed by atoms with van der Waals surface area (Å²) < 4.78 is 43.7. The number of benzene rings is 1. The Balaban J connectivity index is 2.10. The van der Waals surface area contributed by atoms with Crippen molar-refractivity contribution in [1.29, 1.82) is 0 Å². The lowest BCUT2D eigenvalue weighted by Crippen LogP contribution is -2.26. The van der Waals surface area contributed by atoms with Gasteiger partial charge in [-0.25, -0.2) is 0 Å². The highest BCUT2D eigenvalue weighted by molar-refractivity contribution is 6.31. The van der Waals surface area contributed by atoms with Crippen molar-refractivity contribution in [1.82, 2.24) is 10.3 Å². The van der Waals surface area contributed by atoms with Crippen LogP contribution in [0.4, 0.5) is 24.5 Å². The van der Waals surface area contributed by atoms with Gasteiger partial charge in [0.2, 0.25) is 0 Å². The lowest BCUT2D eigenvalue weighted by Gasteiger charge is -2.13. The molecule has 0 aliphatic carbocycles. The summed E-state index contributed by atoms with van der Waals surface area (Å²) in [4.78, 5) is 16.0. The van der Waals surface area contributed by atoms with E-state index < -0.39 is 11.7 Å². The van der Waals surface area contributed by atoms with Gasteiger partial charge in [0.05, 0.1) is 10.6 Å². The predicted octanol–water partition coefficient (Wildman–Crippen LogP) is 4.26. The number of carbonyl (C=O) groups is 1. The van der Waals surface area contributed by atoms with Gasteiger partial charge in [-0.1, -0.05) is 11.6 Å². The molecule has 140 valence electrons. The Morgan fingerprint density at radius 2 is 1.96 bits per heavy atom. The van der Waals surface area contributed by atoms with Gasteiger partial charge in [0, 0.05) is 37.8 Å². The lowest BCUT2D eigenvalue weighted by atomic mass is 10.2. The summed E-state index contributed by atoms with van der Waals surface area (Å²) in [6.45, 7) is 0.950. The normalized spacial score (nSPS) is 11.3. The molecule has 1 aromatic heterocycles. The van der Waals surface area contributed by atoms with Crippen LogP contribution < -0.4 is 10.6 Å². The minimum atomic E-state index is -4.56. The maximum absolute atomic E-state index is 12.9. The van der Waals surface area contributed by atoms with Gasteiger partial charge >= 0.3 is 6.18 Å². The van der Waals surface area contributed by atoms with Crippen LogP contribution in [0.3, 0.4) is 0 Å². The Labute approximate surface area is 153 Å². The fourth-order valence-electron chi connectivity index (χ4n) is 2.13. The van der Waals surface area contributed by atoms with E-state index in [4.69, 9.17) is 16.3 Å². The van der Waals surface area contributed by atoms with E-state index in [-0.39, 0.29) is 22.3 Å². The van der Waals surface area contributed by atoms with E-state index in [1.807, 2.05) is 0 Å². The molecule has 0 aliphatic rings. The number of hydrogen-bond acceptors (Lipinski definition) is 4. The summed E-state index contributed by atoms with van der Waals surface area (Å²) in [7, 11) is 1.57. The largest absolute Gasteiger partial charge is 0.417 e. The molecule has 0 fully saturated rings. The van der Waals surface area contributed by atoms with Crippen LogP contribution in [0.2, 0.25) is 5.02 Å². The number of pyridine rings is 1. The first-order valence-corrected chi connectivity index (χ1v) is 8.06. The van der Waals surface area contributed by atoms with E-state index in [1.54, 1.807) is 13.2 Å². The van der Waals surface area contributed by atoms with Gasteiger partial charge in [-0.3, -0.25) is 9.78 Å². The molecular weight excluding hydrogens is 371 g/mol. The molecule has 2 aromatic rings. The fourth-order valence-corrected chi connectivity index (χ4v) is 2.35. The number of aromatic nitrogens is 1. The summed E-state index contributed by atoms with van der Waals surface area (Å²) in [5.41, 5.74) is -0.163. The van der Waals surface area contributed by atoms with Crippen molar-refractivity contribution < 1.29 is 22.7 Å². The van der Waals surface area contributed by atoms with E-state index >= 15 is 0 Å². The van der Waals surface area contributed by atoms with Gasteiger partial charge in [0.15, 0.2) is 0 Å². The molecular formula is C17H17ClF3N3O2. The van der Waals surface area contributed by atoms with Crippen LogP contribution in [0, 0.1) is 0 Å². The topological polar surface area (TPSA) is 63.2 Å². The zero-order valence-electron chi connectivity index (χ0n) is 13.9. The molecule has 26 heavy (non-hydrogen) atoms. The summed E-state index contributed by atoms with van der Waals surface area (Å²) in [5.74, 6) is -0.378. The first-order chi connectivity index (χ1) is 12.3. The summed E-state index contributed by atoms with van der Waals surface area (Å²) in [6.07, 6.45) is -2.50. The van der Waals surface area contributed by atoms with Crippen LogP contribution in [-0.2, 0) is 10.9 Å². The van der Waals surface area contributed by atoms with E-state index in [9.17, 15) is 18.0 Å². The van der Waals surface area contributed by atoms with Crippen molar-refractivity contribution in [2.75, 3.05) is 25.6 Å². The van der Waals surface area contributed by atoms with Crippen molar-refractivity contribution in [3.8, 4) is 0 Å². The number of halogens is 4. The van der Waals surface area contributed by atoms with Crippen molar-refractivity contribution in [2.45, 2.75) is 12.6 Å². The molecule has 2 N–H and O–H groups in total. The maximum atomic E-state index is 12.9. The Morgan fingerprint density at radius 1 is 1.23 bits per heavy atom. The SMILES string of the molecule is COCCCNC(=O)c1cc(Nc2ccc(Cl)c(C(F)(F)F)c2)ccn1. The first-order valence-electron chi connectivity index (χ1n) is 7.68. The number of nitrogens with zero attached hydrogens (tertiary/aromatic N) is 1. The zero-order chi connectivity index (χ0) is 19.2. The van der Waals surface area contributed by atoms with Gasteiger partial charge < -0.3 is 15.4 Å². The molecule has 0 radical (unpaired) electrons. The molecule has 0 aliphatic heterocycles. The number of alkyl halides is 3. The number of ether oxygens (including phenoxy) is 1. The Kier molecular flexibility index (Phi) is 6.82. The van der Waals surface area contributed by atoms with Crippen molar-refractivity contribution in [2.24, 2.45) is 0 Å². The Hall–Kier alpha value is -2.32. The highest BCUT2D eigenvalue weighted by atomic mass is 35.5. The van der Waals surface area contributed by atoms with Crippen LogP contribution in [0.1, 0.15) is 22.5 Å². The quantitative estimate of drug-likeness (QED) is 0.697. The van der Waals surface area contributed by atoms with Crippen molar-refractivity contribution >= 4 is 28.9 Å². The van der Waals surface area contributed by atoms with Crippen LogP contribution in [0.15, 0.2) is 36.5 Å². The maximum Gasteiger partial charge on any atom is 0.417 e. The number of rotatable bonds is 7. The number of methoxy groups -OCH3 is 1. The number of nitrogens with one attached hydrogen (secondary N) is 2. The monoisotopic (exact) mass is 387 g/mol. The lowest BCUT2D eigenvalue weighted by molar-refractivity contribution is -0.137. The van der Waals surface area contributed by atoms with Crippen LogP contribution >= 0.6 is 11.6 Å². The Morgan fingerprint density at radius 3 is 2.65 bits per heavy atom. The molecule has 0 saturated carbocycles.